The smallest absolute Gasteiger partial charge is 0.306 e. The average molecular weight is 250 g/mol. The van der Waals surface area contributed by atoms with Crippen LogP contribution in [0.4, 0.5) is 0 Å². The van der Waals surface area contributed by atoms with E-state index in [2.05, 4.69) is 0 Å². The zero-order valence-corrected chi connectivity index (χ0v) is 10.2. The lowest BCUT2D eigenvalue weighted by atomic mass is 9.87. The van der Waals surface area contributed by atoms with Gasteiger partial charge in [0.05, 0.1) is 24.4 Å². The van der Waals surface area contributed by atoms with Crippen LogP contribution in [0.15, 0.2) is 0 Å². The average Bonchev–Trinajstić information content (AvgIpc) is 2.16. The highest BCUT2D eigenvalue weighted by Crippen LogP contribution is 2.26. The first-order chi connectivity index (χ1) is 7.38. The number of ether oxygens (including phenoxy) is 1. The number of carboxylic acid groups (broad SMARTS) is 1. The third kappa shape index (κ3) is 4.94. The largest absolute Gasteiger partial charge is 0.481 e. The van der Waals surface area contributed by atoms with Gasteiger partial charge in [-0.15, -0.1) is 0 Å². The molecule has 1 aliphatic rings. The lowest BCUT2D eigenvalue weighted by molar-refractivity contribution is -0.143. The van der Waals surface area contributed by atoms with Crippen molar-refractivity contribution in [1.82, 2.24) is 0 Å². The van der Waals surface area contributed by atoms with Crippen LogP contribution in [-0.4, -0.2) is 44.2 Å². The van der Waals surface area contributed by atoms with Crippen molar-refractivity contribution in [2.45, 2.75) is 31.8 Å². The zero-order chi connectivity index (χ0) is 12.2. The predicted molar refractivity (Wildman–Crippen MR) is 59.0 cm³/mol. The second-order valence-corrected chi connectivity index (χ2v) is 6.57. The van der Waals surface area contributed by atoms with Gasteiger partial charge in [0, 0.05) is 6.26 Å². The molecule has 1 fully saturated rings. The normalized spacial score (nSPS) is 26.6. The minimum absolute atomic E-state index is 0.0253. The fourth-order valence-corrected chi connectivity index (χ4v) is 2.24. The van der Waals surface area contributed by atoms with Gasteiger partial charge in [0.2, 0.25) is 0 Å². The quantitative estimate of drug-likeness (QED) is 0.776. The summed E-state index contributed by atoms with van der Waals surface area (Å²) in [4.78, 5) is 10.7. The topological polar surface area (TPSA) is 80.7 Å². The van der Waals surface area contributed by atoms with Gasteiger partial charge in [0.15, 0.2) is 0 Å². The molecule has 0 radical (unpaired) electrons. The Hall–Kier alpha value is -0.620. The summed E-state index contributed by atoms with van der Waals surface area (Å²) in [5.74, 6) is -0.962. The summed E-state index contributed by atoms with van der Waals surface area (Å²) in [6.45, 7) is 0.210. The minimum atomic E-state index is -2.97. The van der Waals surface area contributed by atoms with Crippen molar-refractivity contribution in [3.8, 4) is 0 Å². The molecule has 0 heterocycles. The van der Waals surface area contributed by atoms with Gasteiger partial charge in [-0.25, -0.2) is 8.42 Å². The number of carboxylic acids is 1. The van der Waals surface area contributed by atoms with Gasteiger partial charge in [-0.05, 0) is 25.7 Å². The van der Waals surface area contributed by atoms with Crippen LogP contribution in [0.1, 0.15) is 25.7 Å². The molecule has 0 amide bonds. The van der Waals surface area contributed by atoms with E-state index < -0.39 is 15.8 Å². The van der Waals surface area contributed by atoms with Crippen molar-refractivity contribution in [3.63, 3.8) is 0 Å². The molecular weight excluding hydrogens is 232 g/mol. The Balaban J connectivity index is 2.20. The summed E-state index contributed by atoms with van der Waals surface area (Å²) < 4.78 is 27.1. The van der Waals surface area contributed by atoms with E-state index in [1.165, 1.54) is 6.26 Å². The maximum atomic E-state index is 10.9. The number of hydrogen-bond acceptors (Lipinski definition) is 4. The molecule has 94 valence electrons. The van der Waals surface area contributed by atoms with Gasteiger partial charge in [-0.3, -0.25) is 4.79 Å². The molecule has 0 aromatic rings. The Kier molecular flexibility index (Phi) is 4.73. The minimum Gasteiger partial charge on any atom is -0.481 e. The van der Waals surface area contributed by atoms with Crippen molar-refractivity contribution < 1.29 is 23.1 Å². The molecule has 0 bridgehead atoms. The summed E-state index contributed by atoms with van der Waals surface area (Å²) in [5, 5.41) is 8.79. The molecule has 0 aromatic carbocycles. The summed E-state index contributed by atoms with van der Waals surface area (Å²) in [5.41, 5.74) is 0. The SMILES string of the molecule is CS(=O)(=O)CCOC1CCC(C(=O)O)CC1. The van der Waals surface area contributed by atoms with Crippen LogP contribution in [0.5, 0.6) is 0 Å². The van der Waals surface area contributed by atoms with E-state index in [4.69, 9.17) is 9.84 Å². The summed E-state index contributed by atoms with van der Waals surface area (Å²) in [6.07, 6.45) is 3.87. The van der Waals surface area contributed by atoms with E-state index in [1.807, 2.05) is 0 Å². The fourth-order valence-electron chi connectivity index (χ4n) is 1.84. The zero-order valence-electron chi connectivity index (χ0n) is 9.39. The Morgan fingerprint density at radius 3 is 2.31 bits per heavy atom. The molecular formula is C10H18O5S. The molecule has 0 aliphatic heterocycles. The first-order valence-electron chi connectivity index (χ1n) is 5.40. The van der Waals surface area contributed by atoms with Crippen molar-refractivity contribution in [2.75, 3.05) is 18.6 Å². The van der Waals surface area contributed by atoms with E-state index in [0.717, 1.165) is 0 Å². The van der Waals surface area contributed by atoms with Crippen LogP contribution in [0.3, 0.4) is 0 Å². The maximum absolute atomic E-state index is 10.9. The summed E-state index contributed by atoms with van der Waals surface area (Å²) in [7, 11) is -2.97. The van der Waals surface area contributed by atoms with Crippen molar-refractivity contribution in [3.05, 3.63) is 0 Å². The molecule has 0 unspecified atom stereocenters. The Bertz CT molecular complexity index is 327. The highest BCUT2D eigenvalue weighted by molar-refractivity contribution is 7.90. The second kappa shape index (κ2) is 5.63. The van der Waals surface area contributed by atoms with Crippen LogP contribution < -0.4 is 0 Å². The van der Waals surface area contributed by atoms with E-state index in [-0.39, 0.29) is 24.4 Å². The molecule has 6 heteroatoms. The Morgan fingerprint density at radius 2 is 1.88 bits per heavy atom. The Morgan fingerprint density at radius 1 is 1.31 bits per heavy atom. The molecule has 1 saturated carbocycles. The molecule has 0 spiro atoms. The van der Waals surface area contributed by atoms with Gasteiger partial charge in [-0.1, -0.05) is 0 Å². The van der Waals surface area contributed by atoms with Crippen LogP contribution in [0.25, 0.3) is 0 Å². The van der Waals surface area contributed by atoms with E-state index >= 15 is 0 Å². The number of sulfone groups is 1. The lowest BCUT2D eigenvalue weighted by Crippen LogP contribution is -2.27. The van der Waals surface area contributed by atoms with Crippen LogP contribution in [0, 0.1) is 5.92 Å². The molecule has 1 rings (SSSR count). The van der Waals surface area contributed by atoms with Crippen molar-refractivity contribution in [2.24, 2.45) is 5.92 Å². The van der Waals surface area contributed by atoms with E-state index in [9.17, 15) is 13.2 Å². The molecule has 0 atom stereocenters. The second-order valence-electron chi connectivity index (χ2n) is 4.31. The molecule has 1 aliphatic carbocycles. The third-order valence-electron chi connectivity index (χ3n) is 2.83. The summed E-state index contributed by atoms with van der Waals surface area (Å²) in [6, 6.07) is 0. The third-order valence-corrected chi connectivity index (χ3v) is 3.74. The molecule has 0 aromatic heterocycles. The van der Waals surface area contributed by atoms with Gasteiger partial charge in [0.25, 0.3) is 0 Å². The fraction of sp³-hybridized carbons (Fsp3) is 0.900. The van der Waals surface area contributed by atoms with E-state index in [0.29, 0.717) is 25.7 Å². The van der Waals surface area contributed by atoms with Gasteiger partial charge in [-0.2, -0.15) is 0 Å². The highest BCUT2D eigenvalue weighted by Gasteiger charge is 2.26. The van der Waals surface area contributed by atoms with Gasteiger partial charge in [0.1, 0.15) is 9.84 Å². The van der Waals surface area contributed by atoms with Crippen LogP contribution in [-0.2, 0) is 19.4 Å². The number of hydrogen-bond donors (Lipinski definition) is 1. The van der Waals surface area contributed by atoms with Crippen molar-refractivity contribution >= 4 is 15.8 Å². The first-order valence-corrected chi connectivity index (χ1v) is 7.46. The lowest BCUT2D eigenvalue weighted by Gasteiger charge is -2.26. The number of carbonyl (C=O) groups is 1. The predicted octanol–water partition coefficient (Wildman–Crippen LogP) is 0.691. The van der Waals surface area contributed by atoms with Crippen LogP contribution in [0.2, 0.25) is 0 Å². The van der Waals surface area contributed by atoms with E-state index in [1.54, 1.807) is 0 Å². The highest BCUT2D eigenvalue weighted by atomic mass is 32.2. The van der Waals surface area contributed by atoms with Gasteiger partial charge < -0.3 is 9.84 Å². The Labute approximate surface area is 95.7 Å². The molecule has 16 heavy (non-hydrogen) atoms. The maximum Gasteiger partial charge on any atom is 0.306 e. The van der Waals surface area contributed by atoms with Gasteiger partial charge >= 0.3 is 5.97 Å². The summed E-state index contributed by atoms with van der Waals surface area (Å²) >= 11 is 0. The van der Waals surface area contributed by atoms with Crippen LogP contribution >= 0.6 is 0 Å². The first kappa shape index (κ1) is 13.4. The number of aliphatic carboxylic acids is 1. The standard InChI is InChI=1S/C10H18O5S/c1-16(13,14)7-6-15-9-4-2-8(3-5-9)10(11)12/h8-9H,2-7H2,1H3,(H,11,12). The van der Waals surface area contributed by atoms with Crippen molar-refractivity contribution in [1.29, 1.82) is 0 Å². The molecule has 0 saturated heterocycles. The molecule has 1 N–H and O–H groups in total. The molecule has 5 nitrogen and oxygen atoms in total. The number of rotatable bonds is 5. The monoisotopic (exact) mass is 250 g/mol.